The molecule has 0 saturated carbocycles. The number of thioether (sulfide) groups is 1. The largest absolute Gasteiger partial charge is 0.496 e. The van der Waals surface area contributed by atoms with Crippen molar-refractivity contribution in [1.82, 2.24) is 5.32 Å². The van der Waals surface area contributed by atoms with E-state index in [0.29, 0.717) is 33.8 Å². The van der Waals surface area contributed by atoms with E-state index in [-0.39, 0.29) is 17.3 Å². The molecular weight excluding hydrogens is 641 g/mol. The van der Waals surface area contributed by atoms with Crippen molar-refractivity contribution in [2.45, 2.75) is 17.1 Å². The van der Waals surface area contributed by atoms with E-state index < -0.39 is 22.0 Å². The van der Waals surface area contributed by atoms with E-state index in [1.807, 2.05) is 30.3 Å². The highest BCUT2D eigenvalue weighted by atomic mass is 32.2. The molecule has 0 radical (unpaired) electrons. The average molecular weight is 673 g/mol. The van der Waals surface area contributed by atoms with E-state index in [9.17, 15) is 24.5 Å². The third-order valence-corrected chi connectivity index (χ3v) is 8.63. The molecular formula is C38H32N4O6S. The van der Waals surface area contributed by atoms with Gasteiger partial charge in [-0.15, -0.1) is 11.8 Å². The number of aryl methyl sites for hydroxylation is 1. The Morgan fingerprint density at radius 3 is 2.14 bits per heavy atom. The second-order valence-corrected chi connectivity index (χ2v) is 11.9. The fourth-order valence-corrected chi connectivity index (χ4v) is 5.82. The highest BCUT2D eigenvalue weighted by Gasteiger charge is 2.24. The second kappa shape index (κ2) is 16.1. The number of amides is 3. The van der Waals surface area contributed by atoms with Gasteiger partial charge >= 0.3 is 0 Å². The third-order valence-electron chi connectivity index (χ3n) is 7.36. The van der Waals surface area contributed by atoms with Crippen LogP contribution in [0.15, 0.2) is 138 Å². The Balaban J connectivity index is 1.35. The van der Waals surface area contributed by atoms with Gasteiger partial charge in [0.25, 0.3) is 17.5 Å². The molecule has 0 aliphatic rings. The summed E-state index contributed by atoms with van der Waals surface area (Å²) in [7, 11) is 1.52. The van der Waals surface area contributed by atoms with Crippen LogP contribution in [0.5, 0.6) is 5.75 Å². The molecule has 3 amide bonds. The number of carbonyl (C=O) groups excluding carboxylic acids is 3. The number of rotatable bonds is 12. The van der Waals surface area contributed by atoms with E-state index in [2.05, 4.69) is 16.0 Å². The maximum absolute atomic E-state index is 13.6. The normalized spacial score (nSPS) is 11.6. The Morgan fingerprint density at radius 2 is 1.47 bits per heavy atom. The Kier molecular flexibility index (Phi) is 11.2. The van der Waals surface area contributed by atoms with Gasteiger partial charge in [0.05, 0.1) is 17.7 Å². The lowest BCUT2D eigenvalue weighted by Gasteiger charge is -2.18. The van der Waals surface area contributed by atoms with E-state index in [1.165, 1.54) is 31.0 Å². The molecule has 5 rings (SSSR count). The van der Waals surface area contributed by atoms with Crippen molar-refractivity contribution in [2.24, 2.45) is 0 Å². The second-order valence-electron chi connectivity index (χ2n) is 10.8. The third kappa shape index (κ3) is 8.99. The Bertz CT molecular complexity index is 2000. The zero-order valence-corrected chi connectivity index (χ0v) is 27.4. The molecule has 10 nitrogen and oxygen atoms in total. The number of methoxy groups -OCH3 is 1. The Hall–Kier alpha value is -6.20. The first-order valence-corrected chi connectivity index (χ1v) is 16.0. The number of para-hydroxylation sites is 1. The van der Waals surface area contributed by atoms with Crippen LogP contribution in [0.3, 0.4) is 0 Å². The SMILES string of the molecule is COc1ccccc1/C=C(\NC(=O)c1ccccc1)C(=O)Nc1ccc(SC(C(=O)Nc2cc([N+](=O)[O-])ccc2C)c2ccccc2)cc1. The van der Waals surface area contributed by atoms with Gasteiger partial charge < -0.3 is 20.7 Å². The smallest absolute Gasteiger partial charge is 0.272 e. The van der Waals surface area contributed by atoms with Gasteiger partial charge in [0.1, 0.15) is 16.7 Å². The molecule has 49 heavy (non-hydrogen) atoms. The maximum atomic E-state index is 13.6. The van der Waals surface area contributed by atoms with Crippen LogP contribution in [0.2, 0.25) is 0 Å². The quantitative estimate of drug-likeness (QED) is 0.0532. The monoisotopic (exact) mass is 672 g/mol. The highest BCUT2D eigenvalue weighted by Crippen LogP contribution is 2.37. The number of benzene rings is 5. The minimum atomic E-state index is -0.691. The first kappa shape index (κ1) is 34.1. The predicted molar refractivity (Wildman–Crippen MR) is 191 cm³/mol. The average Bonchev–Trinajstić information content (AvgIpc) is 3.12. The van der Waals surface area contributed by atoms with E-state index in [0.717, 1.165) is 10.5 Å². The van der Waals surface area contributed by atoms with Gasteiger partial charge in [-0.2, -0.15) is 0 Å². The van der Waals surface area contributed by atoms with E-state index >= 15 is 0 Å². The summed E-state index contributed by atoms with van der Waals surface area (Å²) in [6, 6.07) is 36.2. The maximum Gasteiger partial charge on any atom is 0.272 e. The predicted octanol–water partition coefficient (Wildman–Crippen LogP) is 7.79. The van der Waals surface area contributed by atoms with Crippen molar-refractivity contribution >= 4 is 52.6 Å². The molecule has 0 saturated heterocycles. The number of hydrogen-bond donors (Lipinski definition) is 3. The van der Waals surface area contributed by atoms with Crippen molar-refractivity contribution in [1.29, 1.82) is 0 Å². The molecule has 1 unspecified atom stereocenters. The summed E-state index contributed by atoms with van der Waals surface area (Å²) in [5.41, 5.74) is 3.12. The van der Waals surface area contributed by atoms with Gasteiger partial charge in [-0.3, -0.25) is 24.5 Å². The molecule has 0 spiro atoms. The summed E-state index contributed by atoms with van der Waals surface area (Å²) < 4.78 is 5.43. The van der Waals surface area contributed by atoms with Crippen molar-refractivity contribution in [3.05, 3.63) is 165 Å². The van der Waals surface area contributed by atoms with E-state index in [1.54, 1.807) is 97.9 Å². The zero-order valence-electron chi connectivity index (χ0n) is 26.6. The summed E-state index contributed by atoms with van der Waals surface area (Å²) in [6.45, 7) is 1.76. The van der Waals surface area contributed by atoms with Crippen LogP contribution in [-0.4, -0.2) is 29.8 Å². The van der Waals surface area contributed by atoms with Crippen LogP contribution in [0.4, 0.5) is 17.1 Å². The van der Waals surface area contributed by atoms with Crippen LogP contribution in [-0.2, 0) is 9.59 Å². The number of carbonyl (C=O) groups is 3. The fourth-order valence-electron chi connectivity index (χ4n) is 4.79. The topological polar surface area (TPSA) is 140 Å². The van der Waals surface area contributed by atoms with Crippen molar-refractivity contribution in [3.8, 4) is 5.75 Å². The van der Waals surface area contributed by atoms with Crippen LogP contribution >= 0.6 is 11.8 Å². The molecule has 246 valence electrons. The summed E-state index contributed by atoms with van der Waals surface area (Å²) in [6.07, 6.45) is 1.55. The highest BCUT2D eigenvalue weighted by molar-refractivity contribution is 8.00. The molecule has 1 atom stereocenters. The van der Waals surface area contributed by atoms with Crippen LogP contribution in [0, 0.1) is 17.0 Å². The number of nitrogens with zero attached hydrogens (tertiary/aromatic N) is 1. The molecule has 0 aliphatic carbocycles. The number of nitro groups is 1. The van der Waals surface area contributed by atoms with Crippen molar-refractivity contribution < 1.29 is 24.0 Å². The molecule has 5 aromatic carbocycles. The number of nitrogens with one attached hydrogen (secondary N) is 3. The van der Waals surface area contributed by atoms with Gasteiger partial charge in [-0.05, 0) is 66.6 Å². The van der Waals surface area contributed by atoms with Crippen molar-refractivity contribution in [3.63, 3.8) is 0 Å². The first-order valence-electron chi connectivity index (χ1n) is 15.1. The number of nitro benzene ring substituents is 1. The molecule has 0 heterocycles. The molecule has 11 heteroatoms. The summed E-state index contributed by atoms with van der Waals surface area (Å²) in [5, 5.41) is 19.1. The van der Waals surface area contributed by atoms with Gasteiger partial charge in [0, 0.05) is 33.8 Å². The molecule has 0 aliphatic heterocycles. The fraction of sp³-hybridized carbons (Fsp3) is 0.0789. The number of anilines is 2. The minimum absolute atomic E-state index is 0.00839. The standard InChI is InChI=1S/C38H32N4O6S/c1-25-17-20-30(42(46)47)24-32(25)40-38(45)35(26-11-5-3-6-12-26)49-31-21-18-29(19-22-31)39-37(44)33(23-28-15-9-10-16-34(28)48-2)41-36(43)27-13-7-4-8-14-27/h3-24,35H,1-2H3,(H,39,44)(H,40,45)(H,41,43)/b33-23-. The molecule has 0 aromatic heterocycles. The van der Waals surface area contributed by atoms with E-state index in [4.69, 9.17) is 4.74 Å². The molecule has 0 bridgehead atoms. The minimum Gasteiger partial charge on any atom is -0.496 e. The summed E-state index contributed by atoms with van der Waals surface area (Å²) in [4.78, 5) is 51.8. The Labute approximate surface area is 287 Å². The van der Waals surface area contributed by atoms with Crippen LogP contribution < -0.4 is 20.7 Å². The van der Waals surface area contributed by atoms with Crippen LogP contribution in [0.1, 0.15) is 32.3 Å². The lowest BCUT2D eigenvalue weighted by molar-refractivity contribution is -0.384. The number of hydrogen-bond acceptors (Lipinski definition) is 7. The molecule has 3 N–H and O–H groups in total. The van der Waals surface area contributed by atoms with Gasteiger partial charge in [-0.1, -0.05) is 72.8 Å². The lowest BCUT2D eigenvalue weighted by Crippen LogP contribution is -2.30. The first-order chi connectivity index (χ1) is 23.7. The van der Waals surface area contributed by atoms with Gasteiger partial charge in [0.15, 0.2) is 0 Å². The van der Waals surface area contributed by atoms with Gasteiger partial charge in [-0.25, -0.2) is 0 Å². The lowest BCUT2D eigenvalue weighted by atomic mass is 10.1. The zero-order chi connectivity index (χ0) is 34.8. The Morgan fingerprint density at radius 1 is 0.816 bits per heavy atom. The molecule has 0 fully saturated rings. The number of ether oxygens (including phenoxy) is 1. The number of non-ortho nitro benzene ring substituents is 1. The molecule has 5 aromatic rings. The van der Waals surface area contributed by atoms with Gasteiger partial charge in [0.2, 0.25) is 5.91 Å². The van der Waals surface area contributed by atoms with Crippen molar-refractivity contribution in [2.75, 3.05) is 17.7 Å². The summed E-state index contributed by atoms with van der Waals surface area (Å²) in [5.74, 6) is -0.822. The van der Waals surface area contributed by atoms with Crippen LogP contribution in [0.25, 0.3) is 6.08 Å². The summed E-state index contributed by atoms with van der Waals surface area (Å²) >= 11 is 1.29.